The zero-order valence-electron chi connectivity index (χ0n) is 6.10. The van der Waals surface area contributed by atoms with Gasteiger partial charge in [-0.15, -0.1) is 11.3 Å². The van der Waals surface area contributed by atoms with E-state index in [1.54, 1.807) is 0 Å². The van der Waals surface area contributed by atoms with E-state index in [-0.39, 0.29) is 10.7 Å². The molecule has 0 saturated carbocycles. The van der Waals surface area contributed by atoms with E-state index in [0.717, 1.165) is 11.3 Å². The maximum atomic E-state index is 10.6. The summed E-state index contributed by atoms with van der Waals surface area (Å²) in [7, 11) is 1.29. The summed E-state index contributed by atoms with van der Waals surface area (Å²) in [6.45, 7) is 0. The maximum absolute atomic E-state index is 10.6. The highest BCUT2D eigenvalue weighted by Gasteiger charge is 2.13. The fourth-order valence-corrected chi connectivity index (χ4v) is 2.78. The molecule has 0 spiro atoms. The van der Waals surface area contributed by atoms with E-state index >= 15 is 0 Å². The van der Waals surface area contributed by atoms with Crippen LogP contribution >= 0.6 is 22.0 Å². The number of carboxylic acids is 1. The molecule has 0 aliphatic heterocycles. The van der Waals surface area contributed by atoms with Crippen molar-refractivity contribution < 1.29 is 18.3 Å². The Labute approximate surface area is 82.4 Å². The maximum Gasteiger partial charge on any atom is 0.355 e. The second-order valence-corrected chi connectivity index (χ2v) is 5.83. The van der Waals surface area contributed by atoms with Gasteiger partial charge >= 0.3 is 5.97 Å². The molecule has 0 amide bonds. The molecule has 8 heteroatoms. The van der Waals surface area contributed by atoms with Crippen LogP contribution in [-0.2, 0) is 14.8 Å². The van der Waals surface area contributed by atoms with E-state index in [4.69, 9.17) is 15.8 Å². The fourth-order valence-electron chi connectivity index (χ4n) is 0.623. The van der Waals surface area contributed by atoms with Crippen LogP contribution in [0.5, 0.6) is 0 Å². The monoisotopic (exact) mass is 241 g/mol. The molecule has 1 aromatic rings. The number of hydrogen-bond acceptors (Lipinski definition) is 5. The predicted octanol–water partition coefficient (Wildman–Crippen LogP) is 0.910. The van der Waals surface area contributed by atoms with Crippen LogP contribution in [0.3, 0.4) is 0 Å². The highest BCUT2D eigenvalue weighted by atomic mass is 35.7. The summed E-state index contributed by atoms with van der Waals surface area (Å²) in [5.41, 5.74) is -0.166. The number of thiazole rings is 1. The third-order valence-corrected chi connectivity index (χ3v) is 3.04. The minimum absolute atomic E-state index is 0.166. The first kappa shape index (κ1) is 10.4. The molecule has 5 nitrogen and oxygen atoms in total. The van der Waals surface area contributed by atoms with Crippen LogP contribution in [-0.4, -0.2) is 24.5 Å². The van der Waals surface area contributed by atoms with Crippen molar-refractivity contribution >= 4 is 37.0 Å². The Balaban J connectivity index is 2.87. The van der Waals surface area contributed by atoms with Crippen molar-refractivity contribution in [3.05, 3.63) is 16.1 Å². The van der Waals surface area contributed by atoms with E-state index in [1.807, 2.05) is 0 Å². The second kappa shape index (κ2) is 3.60. The van der Waals surface area contributed by atoms with Gasteiger partial charge in [-0.2, -0.15) is 0 Å². The molecule has 0 aromatic carbocycles. The average molecular weight is 242 g/mol. The highest BCUT2D eigenvalue weighted by Crippen LogP contribution is 2.14. The van der Waals surface area contributed by atoms with Crippen LogP contribution in [0.1, 0.15) is 15.5 Å². The number of nitrogens with zero attached hydrogens (tertiary/aromatic N) is 1. The van der Waals surface area contributed by atoms with Gasteiger partial charge < -0.3 is 5.11 Å². The molecular formula is C5H4ClNO4S2. The zero-order chi connectivity index (χ0) is 10.1. The molecule has 0 aliphatic carbocycles. The SMILES string of the molecule is O=C(O)c1csc(CS(=O)(=O)Cl)n1. The normalized spacial score (nSPS) is 11.5. The van der Waals surface area contributed by atoms with Gasteiger partial charge in [0, 0.05) is 16.1 Å². The summed E-state index contributed by atoms with van der Waals surface area (Å²) in [6.07, 6.45) is 0. The second-order valence-electron chi connectivity index (χ2n) is 2.11. The number of aromatic carboxylic acids is 1. The average Bonchev–Trinajstić information content (AvgIpc) is 2.31. The molecule has 0 radical (unpaired) electrons. The third kappa shape index (κ3) is 3.29. The first-order valence-corrected chi connectivity index (χ1v) is 6.34. The van der Waals surface area contributed by atoms with E-state index in [2.05, 4.69) is 4.98 Å². The zero-order valence-corrected chi connectivity index (χ0v) is 8.49. The molecule has 1 N–H and O–H groups in total. The standard InChI is InChI=1S/C5H4ClNO4S2/c6-13(10,11)2-4-7-3(1-12-4)5(8)9/h1H,2H2,(H,8,9). The van der Waals surface area contributed by atoms with Crippen molar-refractivity contribution in [3.63, 3.8) is 0 Å². The first-order chi connectivity index (χ1) is 5.88. The molecule has 1 aromatic heterocycles. The van der Waals surface area contributed by atoms with Gasteiger partial charge in [0.1, 0.15) is 10.8 Å². The van der Waals surface area contributed by atoms with Gasteiger partial charge in [-0.05, 0) is 0 Å². The van der Waals surface area contributed by atoms with Gasteiger partial charge in [0.15, 0.2) is 5.69 Å². The van der Waals surface area contributed by atoms with Crippen molar-refractivity contribution in [1.29, 1.82) is 0 Å². The lowest BCUT2D eigenvalue weighted by Crippen LogP contribution is -1.98. The van der Waals surface area contributed by atoms with Crippen molar-refractivity contribution in [2.75, 3.05) is 0 Å². The Morgan fingerprint density at radius 1 is 1.69 bits per heavy atom. The van der Waals surface area contributed by atoms with E-state index in [0.29, 0.717) is 0 Å². The van der Waals surface area contributed by atoms with Gasteiger partial charge in [0.2, 0.25) is 9.05 Å². The summed E-state index contributed by atoms with van der Waals surface area (Å²) in [6, 6.07) is 0. The van der Waals surface area contributed by atoms with E-state index in [9.17, 15) is 13.2 Å². The summed E-state index contributed by atoms with van der Waals surface area (Å²) < 4.78 is 21.1. The summed E-state index contributed by atoms with van der Waals surface area (Å²) in [5.74, 6) is -1.62. The van der Waals surface area contributed by atoms with E-state index in [1.165, 1.54) is 5.38 Å². The molecule has 0 aliphatic rings. The van der Waals surface area contributed by atoms with Gasteiger partial charge in [0.25, 0.3) is 0 Å². The molecule has 1 rings (SSSR count). The Kier molecular flexibility index (Phi) is 2.89. The molecule has 0 fully saturated rings. The van der Waals surface area contributed by atoms with Crippen LogP contribution < -0.4 is 0 Å². The number of carbonyl (C=O) groups is 1. The predicted molar refractivity (Wildman–Crippen MR) is 47.6 cm³/mol. The number of rotatable bonds is 3. The fraction of sp³-hybridized carbons (Fsp3) is 0.200. The molecule has 1 heterocycles. The third-order valence-electron chi connectivity index (χ3n) is 1.07. The smallest absolute Gasteiger partial charge is 0.355 e. The lowest BCUT2D eigenvalue weighted by molar-refractivity contribution is 0.0691. The number of halogens is 1. The highest BCUT2D eigenvalue weighted by molar-refractivity contribution is 8.13. The van der Waals surface area contributed by atoms with Crippen LogP contribution in [0.4, 0.5) is 0 Å². The van der Waals surface area contributed by atoms with Crippen LogP contribution in [0.2, 0.25) is 0 Å². The molecule has 0 saturated heterocycles. The quantitative estimate of drug-likeness (QED) is 0.795. The Morgan fingerprint density at radius 2 is 2.31 bits per heavy atom. The van der Waals surface area contributed by atoms with E-state index < -0.39 is 20.8 Å². The van der Waals surface area contributed by atoms with Gasteiger partial charge in [-0.3, -0.25) is 0 Å². The number of aromatic nitrogens is 1. The summed E-state index contributed by atoms with van der Waals surface area (Å²) in [4.78, 5) is 13.9. The molecule has 0 bridgehead atoms. The van der Waals surface area contributed by atoms with Crippen LogP contribution in [0.15, 0.2) is 5.38 Å². The van der Waals surface area contributed by atoms with Crippen LogP contribution in [0, 0.1) is 0 Å². The molecule has 0 unspecified atom stereocenters. The van der Waals surface area contributed by atoms with Gasteiger partial charge in [0.05, 0.1) is 0 Å². The number of carboxylic acid groups (broad SMARTS) is 1. The minimum atomic E-state index is -3.66. The molecule has 0 atom stereocenters. The van der Waals surface area contributed by atoms with Crippen molar-refractivity contribution in [1.82, 2.24) is 4.98 Å². The molecule has 72 valence electrons. The Bertz CT molecular complexity index is 423. The first-order valence-electron chi connectivity index (χ1n) is 2.98. The Hall–Kier alpha value is -0.660. The van der Waals surface area contributed by atoms with Gasteiger partial charge in [-0.25, -0.2) is 18.2 Å². The van der Waals surface area contributed by atoms with Crippen molar-refractivity contribution in [3.8, 4) is 0 Å². The van der Waals surface area contributed by atoms with Crippen LogP contribution in [0.25, 0.3) is 0 Å². The minimum Gasteiger partial charge on any atom is -0.476 e. The van der Waals surface area contributed by atoms with Crippen molar-refractivity contribution in [2.24, 2.45) is 0 Å². The summed E-state index contributed by atoms with van der Waals surface area (Å²) in [5, 5.41) is 9.90. The lowest BCUT2D eigenvalue weighted by atomic mass is 10.5. The summed E-state index contributed by atoms with van der Waals surface area (Å²) >= 11 is 0.949. The molecular weight excluding hydrogens is 238 g/mol. The number of hydrogen-bond donors (Lipinski definition) is 1. The molecule has 13 heavy (non-hydrogen) atoms. The largest absolute Gasteiger partial charge is 0.476 e. The topological polar surface area (TPSA) is 84.3 Å². The lowest BCUT2D eigenvalue weighted by Gasteiger charge is -1.88. The van der Waals surface area contributed by atoms with Crippen molar-refractivity contribution in [2.45, 2.75) is 5.75 Å². The Morgan fingerprint density at radius 3 is 2.69 bits per heavy atom. The van der Waals surface area contributed by atoms with Gasteiger partial charge in [-0.1, -0.05) is 0 Å².